The van der Waals surface area contributed by atoms with Gasteiger partial charge in [-0.3, -0.25) is 9.59 Å². The van der Waals surface area contributed by atoms with Gasteiger partial charge in [0.15, 0.2) is 0 Å². The van der Waals surface area contributed by atoms with Crippen LogP contribution in [0.3, 0.4) is 0 Å². The third-order valence-electron chi connectivity index (χ3n) is 3.75. The molecule has 18 heavy (non-hydrogen) atoms. The Labute approximate surface area is 108 Å². The van der Waals surface area contributed by atoms with Crippen molar-refractivity contribution in [1.29, 1.82) is 0 Å². The quantitative estimate of drug-likeness (QED) is 0.657. The molecule has 2 fully saturated rings. The van der Waals surface area contributed by atoms with E-state index in [9.17, 15) is 9.59 Å². The standard InChI is InChI=1S/C12H22N4O2/c1-14-5-7-16(8-6-14)11(17)9-10-12(18)15(2)4-3-13-10/h10,13H,3-9H2,1-2H3. The van der Waals surface area contributed by atoms with Gasteiger partial charge in [-0.15, -0.1) is 0 Å². The fourth-order valence-electron chi connectivity index (χ4n) is 2.39. The topological polar surface area (TPSA) is 55.9 Å². The zero-order valence-electron chi connectivity index (χ0n) is 11.2. The number of carbonyl (C=O) groups is 2. The van der Waals surface area contributed by atoms with Crippen molar-refractivity contribution < 1.29 is 9.59 Å². The molecular formula is C12H22N4O2. The van der Waals surface area contributed by atoms with Gasteiger partial charge in [0, 0.05) is 46.3 Å². The summed E-state index contributed by atoms with van der Waals surface area (Å²) < 4.78 is 0. The molecule has 2 amide bonds. The fourth-order valence-corrected chi connectivity index (χ4v) is 2.39. The molecule has 2 heterocycles. The number of amides is 2. The number of hydrogen-bond acceptors (Lipinski definition) is 4. The highest BCUT2D eigenvalue weighted by atomic mass is 16.2. The van der Waals surface area contributed by atoms with Gasteiger partial charge < -0.3 is 20.0 Å². The summed E-state index contributed by atoms with van der Waals surface area (Å²) in [5.74, 6) is 0.118. The summed E-state index contributed by atoms with van der Waals surface area (Å²) in [5.41, 5.74) is 0. The smallest absolute Gasteiger partial charge is 0.240 e. The molecule has 2 aliphatic heterocycles. The summed E-state index contributed by atoms with van der Waals surface area (Å²) in [4.78, 5) is 29.8. The Morgan fingerprint density at radius 3 is 2.56 bits per heavy atom. The van der Waals surface area contributed by atoms with E-state index in [2.05, 4.69) is 17.3 Å². The van der Waals surface area contributed by atoms with Crippen molar-refractivity contribution in [3.8, 4) is 0 Å². The van der Waals surface area contributed by atoms with Crippen LogP contribution in [0.5, 0.6) is 0 Å². The SMILES string of the molecule is CN1CCN(C(=O)CC2NCCN(C)C2=O)CC1. The third kappa shape index (κ3) is 3.00. The molecule has 0 spiro atoms. The van der Waals surface area contributed by atoms with Crippen LogP contribution in [0.2, 0.25) is 0 Å². The molecule has 0 radical (unpaired) electrons. The molecule has 2 aliphatic rings. The van der Waals surface area contributed by atoms with Gasteiger partial charge in [-0.2, -0.15) is 0 Å². The molecular weight excluding hydrogens is 232 g/mol. The maximum atomic E-state index is 12.1. The Morgan fingerprint density at radius 1 is 1.22 bits per heavy atom. The molecule has 6 heteroatoms. The molecule has 0 aromatic heterocycles. The highest BCUT2D eigenvalue weighted by molar-refractivity contribution is 5.88. The lowest BCUT2D eigenvalue weighted by molar-refractivity contribution is -0.140. The Morgan fingerprint density at radius 2 is 1.89 bits per heavy atom. The van der Waals surface area contributed by atoms with Crippen LogP contribution in [0.1, 0.15) is 6.42 Å². The predicted molar refractivity (Wildman–Crippen MR) is 68.1 cm³/mol. The minimum Gasteiger partial charge on any atom is -0.343 e. The Kier molecular flexibility index (Phi) is 4.19. The van der Waals surface area contributed by atoms with Crippen LogP contribution in [-0.2, 0) is 9.59 Å². The second kappa shape index (κ2) is 5.67. The van der Waals surface area contributed by atoms with Crippen LogP contribution in [0.4, 0.5) is 0 Å². The molecule has 2 rings (SSSR count). The monoisotopic (exact) mass is 254 g/mol. The number of rotatable bonds is 2. The number of nitrogens with zero attached hydrogens (tertiary/aromatic N) is 3. The summed E-state index contributed by atoms with van der Waals surface area (Å²) in [5, 5.41) is 3.13. The Bertz CT molecular complexity index is 326. The molecule has 0 aliphatic carbocycles. The second-order valence-corrected chi connectivity index (χ2v) is 5.15. The number of piperazine rings is 2. The van der Waals surface area contributed by atoms with Crippen LogP contribution < -0.4 is 5.32 Å². The molecule has 2 saturated heterocycles. The van der Waals surface area contributed by atoms with E-state index in [1.807, 2.05) is 4.90 Å². The van der Waals surface area contributed by atoms with Gasteiger partial charge in [-0.1, -0.05) is 0 Å². The fraction of sp³-hybridized carbons (Fsp3) is 0.833. The van der Waals surface area contributed by atoms with Gasteiger partial charge in [0.05, 0.1) is 12.5 Å². The number of nitrogens with one attached hydrogen (secondary N) is 1. The van der Waals surface area contributed by atoms with E-state index in [1.165, 1.54) is 0 Å². The van der Waals surface area contributed by atoms with Crippen molar-refractivity contribution in [2.75, 3.05) is 53.4 Å². The Balaban J connectivity index is 1.85. The van der Waals surface area contributed by atoms with Crippen molar-refractivity contribution in [3.05, 3.63) is 0 Å². The summed E-state index contributed by atoms with van der Waals surface area (Å²) in [7, 11) is 3.85. The molecule has 1 unspecified atom stereocenters. The Hall–Kier alpha value is -1.14. The summed E-state index contributed by atoms with van der Waals surface area (Å²) >= 11 is 0. The maximum Gasteiger partial charge on any atom is 0.240 e. The lowest BCUT2D eigenvalue weighted by Gasteiger charge is -2.35. The van der Waals surface area contributed by atoms with Gasteiger partial charge >= 0.3 is 0 Å². The van der Waals surface area contributed by atoms with Gasteiger partial charge in [0.25, 0.3) is 0 Å². The molecule has 1 N–H and O–H groups in total. The first-order valence-corrected chi connectivity index (χ1v) is 6.52. The van der Waals surface area contributed by atoms with E-state index in [0.29, 0.717) is 0 Å². The average molecular weight is 254 g/mol. The molecule has 1 atom stereocenters. The van der Waals surface area contributed by atoms with Gasteiger partial charge in [-0.25, -0.2) is 0 Å². The zero-order chi connectivity index (χ0) is 13.1. The summed E-state index contributed by atoms with van der Waals surface area (Å²) in [6, 6.07) is -0.337. The van der Waals surface area contributed by atoms with Crippen molar-refractivity contribution in [1.82, 2.24) is 20.0 Å². The van der Waals surface area contributed by atoms with E-state index in [-0.39, 0.29) is 24.3 Å². The minimum absolute atomic E-state index is 0.0312. The summed E-state index contributed by atoms with van der Waals surface area (Å²) in [6.07, 6.45) is 0.285. The van der Waals surface area contributed by atoms with Crippen molar-refractivity contribution in [2.45, 2.75) is 12.5 Å². The lowest BCUT2D eigenvalue weighted by atomic mass is 10.1. The van der Waals surface area contributed by atoms with E-state index >= 15 is 0 Å². The predicted octanol–water partition coefficient (Wildman–Crippen LogP) is -1.42. The molecule has 6 nitrogen and oxygen atoms in total. The average Bonchev–Trinajstić information content (AvgIpc) is 2.36. The minimum atomic E-state index is -0.337. The normalized spacial score (nSPS) is 26.6. The number of likely N-dealkylation sites (N-methyl/N-ethyl adjacent to an activating group) is 2. The van der Waals surface area contributed by atoms with Gasteiger partial charge in [-0.05, 0) is 7.05 Å². The van der Waals surface area contributed by atoms with Crippen molar-refractivity contribution >= 4 is 11.8 Å². The third-order valence-corrected chi connectivity index (χ3v) is 3.75. The summed E-state index contributed by atoms with van der Waals surface area (Å²) in [6.45, 7) is 4.86. The first kappa shape index (κ1) is 13.3. The molecule has 0 aromatic rings. The molecule has 102 valence electrons. The van der Waals surface area contributed by atoms with Crippen molar-refractivity contribution in [3.63, 3.8) is 0 Å². The van der Waals surface area contributed by atoms with Gasteiger partial charge in [0.2, 0.25) is 11.8 Å². The van der Waals surface area contributed by atoms with Crippen LogP contribution in [0.15, 0.2) is 0 Å². The van der Waals surface area contributed by atoms with E-state index < -0.39 is 0 Å². The van der Waals surface area contributed by atoms with E-state index in [0.717, 1.165) is 39.3 Å². The highest BCUT2D eigenvalue weighted by Crippen LogP contribution is 2.08. The largest absolute Gasteiger partial charge is 0.343 e. The van der Waals surface area contributed by atoms with Crippen LogP contribution in [0.25, 0.3) is 0 Å². The highest BCUT2D eigenvalue weighted by Gasteiger charge is 2.30. The zero-order valence-corrected chi connectivity index (χ0v) is 11.2. The molecule has 0 aromatic carbocycles. The lowest BCUT2D eigenvalue weighted by Crippen LogP contribution is -2.56. The first-order chi connectivity index (χ1) is 8.58. The van der Waals surface area contributed by atoms with Crippen molar-refractivity contribution in [2.24, 2.45) is 0 Å². The van der Waals surface area contributed by atoms with Crippen LogP contribution in [-0.4, -0.2) is 85.9 Å². The first-order valence-electron chi connectivity index (χ1n) is 6.52. The second-order valence-electron chi connectivity index (χ2n) is 5.15. The number of hydrogen-bond donors (Lipinski definition) is 1. The maximum absolute atomic E-state index is 12.1. The molecule has 0 bridgehead atoms. The van der Waals surface area contributed by atoms with Crippen LogP contribution >= 0.6 is 0 Å². The van der Waals surface area contributed by atoms with Crippen LogP contribution in [0, 0.1) is 0 Å². The number of carbonyl (C=O) groups excluding carboxylic acids is 2. The van der Waals surface area contributed by atoms with E-state index in [4.69, 9.17) is 0 Å². The molecule has 0 saturated carbocycles. The van der Waals surface area contributed by atoms with Gasteiger partial charge in [0.1, 0.15) is 0 Å². The van der Waals surface area contributed by atoms with E-state index in [1.54, 1.807) is 11.9 Å².